The molecule has 17 heavy (non-hydrogen) atoms. The minimum Gasteiger partial charge on any atom is -0.481 e. The monoisotopic (exact) mass is 252 g/mol. The maximum absolute atomic E-state index is 6.15. The Kier molecular flexibility index (Phi) is 3.45. The molecule has 2 aromatic rings. The quantitative estimate of drug-likeness (QED) is 0.842. The van der Waals surface area contributed by atoms with Gasteiger partial charge in [0.1, 0.15) is 5.52 Å². The van der Waals surface area contributed by atoms with E-state index in [4.69, 9.17) is 21.1 Å². The Morgan fingerprint density at radius 3 is 2.71 bits per heavy atom. The first-order valence-corrected chi connectivity index (χ1v) is 5.57. The Hall–Kier alpha value is -1.39. The molecule has 0 bridgehead atoms. The molecule has 0 saturated heterocycles. The fourth-order valence-corrected chi connectivity index (χ4v) is 1.96. The van der Waals surface area contributed by atoms with Crippen LogP contribution in [0, 0.1) is 0 Å². The fraction of sp³-hybridized carbons (Fsp3) is 0.333. The molecule has 5 heteroatoms. The van der Waals surface area contributed by atoms with Crippen molar-refractivity contribution in [3.8, 4) is 5.88 Å². The number of pyridine rings is 2. The molecular formula is C12H13ClN2O2. The summed E-state index contributed by atoms with van der Waals surface area (Å²) >= 11 is 6.15. The zero-order valence-electron chi connectivity index (χ0n) is 9.90. The molecular weight excluding hydrogens is 240 g/mol. The molecule has 0 fully saturated rings. The summed E-state index contributed by atoms with van der Waals surface area (Å²) in [6.45, 7) is 1.92. The van der Waals surface area contributed by atoms with Crippen LogP contribution in [0.25, 0.3) is 11.0 Å². The van der Waals surface area contributed by atoms with Gasteiger partial charge in [-0.2, -0.15) is 0 Å². The van der Waals surface area contributed by atoms with Crippen LogP contribution in [0.1, 0.15) is 18.6 Å². The van der Waals surface area contributed by atoms with Gasteiger partial charge in [0.05, 0.1) is 23.8 Å². The number of hydrogen-bond acceptors (Lipinski definition) is 4. The van der Waals surface area contributed by atoms with E-state index in [-0.39, 0.29) is 6.10 Å². The predicted octanol–water partition coefficient (Wildman–Crippen LogP) is 3.00. The molecule has 1 atom stereocenters. The lowest BCUT2D eigenvalue weighted by Gasteiger charge is -2.14. The van der Waals surface area contributed by atoms with Crippen molar-refractivity contribution < 1.29 is 9.47 Å². The van der Waals surface area contributed by atoms with E-state index < -0.39 is 0 Å². The normalized spacial score (nSPS) is 12.7. The number of rotatable bonds is 3. The minimum absolute atomic E-state index is 0.146. The van der Waals surface area contributed by atoms with Crippen LogP contribution in [0.15, 0.2) is 18.3 Å². The van der Waals surface area contributed by atoms with Gasteiger partial charge in [-0.1, -0.05) is 11.6 Å². The van der Waals surface area contributed by atoms with Gasteiger partial charge in [0, 0.05) is 24.9 Å². The van der Waals surface area contributed by atoms with Crippen LogP contribution in [-0.2, 0) is 4.74 Å². The third-order valence-electron chi connectivity index (χ3n) is 2.65. The van der Waals surface area contributed by atoms with E-state index in [2.05, 4.69) is 9.97 Å². The summed E-state index contributed by atoms with van der Waals surface area (Å²) in [5.41, 5.74) is 2.32. The molecule has 0 aliphatic heterocycles. The smallest absolute Gasteiger partial charge is 0.213 e. The van der Waals surface area contributed by atoms with Gasteiger partial charge in [0.15, 0.2) is 0 Å². The van der Waals surface area contributed by atoms with Crippen molar-refractivity contribution in [2.45, 2.75) is 13.0 Å². The Labute approximate surface area is 105 Å². The van der Waals surface area contributed by atoms with Crippen LogP contribution in [0.3, 0.4) is 0 Å². The first-order chi connectivity index (χ1) is 8.17. The number of hydrogen-bond donors (Lipinski definition) is 0. The summed E-state index contributed by atoms with van der Waals surface area (Å²) in [5, 5.41) is 0.549. The molecule has 0 N–H and O–H groups in total. The number of ether oxygens (including phenoxy) is 2. The van der Waals surface area contributed by atoms with Gasteiger partial charge < -0.3 is 9.47 Å². The third-order valence-corrected chi connectivity index (χ3v) is 2.95. The molecule has 90 valence electrons. The maximum atomic E-state index is 6.15. The lowest BCUT2D eigenvalue weighted by Crippen LogP contribution is -2.01. The molecule has 0 spiro atoms. The van der Waals surface area contributed by atoms with Gasteiger partial charge in [-0.3, -0.25) is 4.98 Å². The minimum atomic E-state index is -0.146. The second-order valence-electron chi connectivity index (χ2n) is 3.62. The number of methoxy groups -OCH3 is 2. The highest BCUT2D eigenvalue weighted by atomic mass is 35.5. The van der Waals surface area contributed by atoms with E-state index in [1.54, 1.807) is 26.5 Å². The summed E-state index contributed by atoms with van der Waals surface area (Å²) in [6, 6.07) is 3.62. The third kappa shape index (κ3) is 2.18. The highest BCUT2D eigenvalue weighted by Gasteiger charge is 2.15. The van der Waals surface area contributed by atoms with Gasteiger partial charge in [-0.05, 0) is 13.0 Å². The van der Waals surface area contributed by atoms with Gasteiger partial charge >= 0.3 is 0 Å². The maximum Gasteiger partial charge on any atom is 0.213 e. The van der Waals surface area contributed by atoms with Gasteiger partial charge in [-0.15, -0.1) is 0 Å². The van der Waals surface area contributed by atoms with Crippen LogP contribution >= 0.6 is 11.6 Å². The first-order valence-electron chi connectivity index (χ1n) is 5.19. The van der Waals surface area contributed by atoms with Crippen molar-refractivity contribution in [1.82, 2.24) is 9.97 Å². The van der Waals surface area contributed by atoms with Gasteiger partial charge in [0.2, 0.25) is 5.88 Å². The summed E-state index contributed by atoms with van der Waals surface area (Å²) in [7, 11) is 3.21. The first kappa shape index (κ1) is 12.1. The molecule has 0 radical (unpaired) electrons. The second kappa shape index (κ2) is 4.85. The van der Waals surface area contributed by atoms with Crippen LogP contribution in [0.5, 0.6) is 5.88 Å². The lowest BCUT2D eigenvalue weighted by molar-refractivity contribution is 0.120. The number of nitrogens with zero attached hydrogens (tertiary/aromatic N) is 2. The predicted molar refractivity (Wildman–Crippen MR) is 66.5 cm³/mol. The Morgan fingerprint density at radius 2 is 2.06 bits per heavy atom. The molecule has 2 aromatic heterocycles. The zero-order valence-corrected chi connectivity index (χ0v) is 10.7. The van der Waals surface area contributed by atoms with E-state index >= 15 is 0 Å². The summed E-state index contributed by atoms with van der Waals surface area (Å²) in [5.74, 6) is 0.533. The van der Waals surface area contributed by atoms with E-state index in [1.165, 1.54) is 0 Å². The van der Waals surface area contributed by atoms with Crippen molar-refractivity contribution in [2.24, 2.45) is 0 Å². The Bertz CT molecular complexity index is 545. The topological polar surface area (TPSA) is 44.2 Å². The molecule has 0 saturated carbocycles. The summed E-state index contributed by atoms with van der Waals surface area (Å²) in [4.78, 5) is 8.60. The largest absolute Gasteiger partial charge is 0.481 e. The van der Waals surface area contributed by atoms with Gasteiger partial charge in [0.25, 0.3) is 0 Å². The molecule has 0 aliphatic carbocycles. The molecule has 2 heterocycles. The van der Waals surface area contributed by atoms with Crippen LogP contribution in [-0.4, -0.2) is 24.2 Å². The average Bonchev–Trinajstić information content (AvgIpc) is 2.37. The second-order valence-corrected chi connectivity index (χ2v) is 4.03. The summed E-state index contributed by atoms with van der Waals surface area (Å²) in [6.07, 6.45) is 1.47. The highest BCUT2D eigenvalue weighted by Crippen LogP contribution is 2.31. The Balaban J connectivity index is 2.73. The molecule has 0 aliphatic rings. The van der Waals surface area contributed by atoms with Crippen molar-refractivity contribution in [2.75, 3.05) is 14.2 Å². The van der Waals surface area contributed by atoms with E-state index in [9.17, 15) is 0 Å². The molecule has 0 amide bonds. The van der Waals surface area contributed by atoms with Crippen molar-refractivity contribution >= 4 is 22.6 Å². The summed E-state index contributed by atoms with van der Waals surface area (Å²) < 4.78 is 10.4. The standard InChI is InChI=1S/C12H13ClN2O2/c1-7(16-2)11-8(13)6-14-9-4-5-10(17-3)15-12(9)11/h4-7H,1-3H3. The van der Waals surface area contributed by atoms with Crippen LogP contribution in [0.2, 0.25) is 5.02 Å². The average molecular weight is 253 g/mol. The molecule has 0 aromatic carbocycles. The van der Waals surface area contributed by atoms with Crippen LogP contribution in [0.4, 0.5) is 0 Å². The molecule has 1 unspecified atom stereocenters. The molecule has 2 rings (SSSR count). The van der Waals surface area contributed by atoms with E-state index in [0.29, 0.717) is 16.4 Å². The van der Waals surface area contributed by atoms with Crippen LogP contribution < -0.4 is 4.74 Å². The van der Waals surface area contributed by atoms with Crippen molar-refractivity contribution in [3.63, 3.8) is 0 Å². The van der Waals surface area contributed by atoms with E-state index in [0.717, 1.165) is 11.1 Å². The van der Waals surface area contributed by atoms with Crippen molar-refractivity contribution in [1.29, 1.82) is 0 Å². The van der Waals surface area contributed by atoms with Crippen molar-refractivity contribution in [3.05, 3.63) is 28.9 Å². The highest BCUT2D eigenvalue weighted by molar-refractivity contribution is 6.32. The lowest BCUT2D eigenvalue weighted by atomic mass is 10.1. The fourth-order valence-electron chi connectivity index (χ4n) is 1.66. The van der Waals surface area contributed by atoms with E-state index in [1.807, 2.05) is 13.0 Å². The number of aromatic nitrogens is 2. The van der Waals surface area contributed by atoms with Gasteiger partial charge in [-0.25, -0.2) is 4.98 Å². The molecule has 4 nitrogen and oxygen atoms in total. The zero-order chi connectivity index (χ0) is 12.4. The number of halogens is 1. The SMILES string of the molecule is COc1ccc2ncc(Cl)c(C(C)OC)c2n1. The Morgan fingerprint density at radius 1 is 1.29 bits per heavy atom. The number of fused-ring (bicyclic) bond motifs is 1.